The molecule has 1 saturated heterocycles. The van der Waals surface area contributed by atoms with Crippen molar-refractivity contribution in [2.75, 3.05) is 24.6 Å². The highest BCUT2D eigenvalue weighted by atomic mass is 16.3. The Kier molecular flexibility index (Phi) is 2.98. The van der Waals surface area contributed by atoms with Crippen LogP contribution < -0.4 is 10.6 Å². The molecule has 0 unspecified atom stereocenters. The lowest BCUT2D eigenvalue weighted by Crippen LogP contribution is -2.35. The van der Waals surface area contributed by atoms with Crippen LogP contribution in [0, 0.1) is 12.8 Å². The Bertz CT molecular complexity index is 639. The van der Waals surface area contributed by atoms with Crippen LogP contribution in [0.3, 0.4) is 0 Å². The molecular formula is C12H17N5O2. The number of aliphatic hydroxyl groups excluding tert-OH is 1. The van der Waals surface area contributed by atoms with Crippen LogP contribution in [0.2, 0.25) is 0 Å². The Labute approximate surface area is 109 Å². The van der Waals surface area contributed by atoms with Gasteiger partial charge in [-0.25, -0.2) is 19.3 Å². The van der Waals surface area contributed by atoms with Crippen molar-refractivity contribution in [1.29, 1.82) is 0 Å². The molecule has 102 valence electrons. The minimum atomic E-state index is -0.259. The van der Waals surface area contributed by atoms with Gasteiger partial charge in [0.15, 0.2) is 5.65 Å². The van der Waals surface area contributed by atoms with Crippen LogP contribution in [-0.2, 0) is 0 Å². The van der Waals surface area contributed by atoms with Crippen molar-refractivity contribution in [1.82, 2.24) is 19.6 Å². The van der Waals surface area contributed by atoms with E-state index in [1.165, 1.54) is 4.40 Å². The van der Waals surface area contributed by atoms with Gasteiger partial charge in [-0.15, -0.1) is 0 Å². The van der Waals surface area contributed by atoms with Crippen LogP contribution in [0.5, 0.6) is 0 Å². The number of aromatic amines is 1. The number of aliphatic hydroxyl groups is 1. The normalized spacial score (nSPS) is 17.3. The molecule has 0 bridgehead atoms. The highest BCUT2D eigenvalue weighted by Gasteiger charge is 2.20. The summed E-state index contributed by atoms with van der Waals surface area (Å²) < 4.78 is 1.46. The summed E-state index contributed by atoms with van der Waals surface area (Å²) >= 11 is 0. The van der Waals surface area contributed by atoms with Gasteiger partial charge in [-0.2, -0.15) is 5.10 Å². The number of rotatable bonds is 2. The smallest absolute Gasteiger partial charge is 0.349 e. The predicted molar refractivity (Wildman–Crippen MR) is 70.4 cm³/mol. The minimum Gasteiger partial charge on any atom is -0.396 e. The van der Waals surface area contributed by atoms with Crippen LogP contribution in [0.25, 0.3) is 5.65 Å². The molecule has 0 aromatic carbocycles. The molecule has 7 nitrogen and oxygen atoms in total. The van der Waals surface area contributed by atoms with Crippen LogP contribution in [0.4, 0.5) is 5.82 Å². The molecule has 1 aliphatic heterocycles. The molecule has 19 heavy (non-hydrogen) atoms. The average molecular weight is 263 g/mol. The third kappa shape index (κ3) is 2.10. The van der Waals surface area contributed by atoms with Gasteiger partial charge in [0.25, 0.3) is 0 Å². The second kappa shape index (κ2) is 4.65. The van der Waals surface area contributed by atoms with E-state index in [9.17, 15) is 4.79 Å². The van der Waals surface area contributed by atoms with Gasteiger partial charge in [-0.1, -0.05) is 0 Å². The molecular weight excluding hydrogens is 246 g/mol. The summed E-state index contributed by atoms with van der Waals surface area (Å²) in [6.07, 6.45) is 1.94. The van der Waals surface area contributed by atoms with E-state index < -0.39 is 0 Å². The van der Waals surface area contributed by atoms with Crippen molar-refractivity contribution < 1.29 is 5.11 Å². The number of nitrogens with zero attached hydrogens (tertiary/aromatic N) is 4. The molecule has 0 spiro atoms. The largest absolute Gasteiger partial charge is 0.396 e. The second-order valence-corrected chi connectivity index (χ2v) is 5.00. The van der Waals surface area contributed by atoms with E-state index in [1.807, 2.05) is 6.07 Å². The molecule has 0 aliphatic carbocycles. The Morgan fingerprint density at radius 1 is 1.47 bits per heavy atom. The first-order chi connectivity index (χ1) is 9.19. The van der Waals surface area contributed by atoms with Crippen molar-refractivity contribution in [3.8, 4) is 0 Å². The Hall–Kier alpha value is -1.89. The van der Waals surface area contributed by atoms with Crippen LogP contribution in [-0.4, -0.2) is 44.4 Å². The van der Waals surface area contributed by atoms with Crippen molar-refractivity contribution in [3.63, 3.8) is 0 Å². The Balaban J connectivity index is 1.92. The van der Waals surface area contributed by atoms with E-state index in [2.05, 4.69) is 20.1 Å². The van der Waals surface area contributed by atoms with Crippen molar-refractivity contribution in [2.45, 2.75) is 19.8 Å². The fourth-order valence-electron chi connectivity index (χ4n) is 2.59. The standard InChI is InChI=1S/C12H17N5O2/c1-8-13-10(6-11-14-15-12(19)17(8)11)16-4-2-9(7-18)3-5-16/h6,9,18H,2-5,7H2,1H3,(H,15,19). The maximum absolute atomic E-state index is 11.5. The van der Waals surface area contributed by atoms with E-state index in [-0.39, 0.29) is 12.3 Å². The van der Waals surface area contributed by atoms with Gasteiger partial charge in [0.1, 0.15) is 11.6 Å². The van der Waals surface area contributed by atoms with E-state index in [1.54, 1.807) is 6.92 Å². The van der Waals surface area contributed by atoms with E-state index in [4.69, 9.17) is 5.11 Å². The highest BCUT2D eigenvalue weighted by Crippen LogP contribution is 2.22. The molecule has 2 aromatic rings. The number of anilines is 1. The first-order valence-electron chi connectivity index (χ1n) is 6.49. The number of piperidine rings is 1. The number of aryl methyl sites for hydroxylation is 1. The summed E-state index contributed by atoms with van der Waals surface area (Å²) in [5.41, 5.74) is 0.335. The summed E-state index contributed by atoms with van der Waals surface area (Å²) in [4.78, 5) is 18.2. The summed E-state index contributed by atoms with van der Waals surface area (Å²) in [5.74, 6) is 1.88. The van der Waals surface area contributed by atoms with Gasteiger partial charge in [0.2, 0.25) is 0 Å². The molecule has 2 N–H and O–H groups in total. The van der Waals surface area contributed by atoms with Crippen LogP contribution >= 0.6 is 0 Å². The highest BCUT2D eigenvalue weighted by molar-refractivity contribution is 5.51. The predicted octanol–water partition coefficient (Wildman–Crippen LogP) is -0.0653. The van der Waals surface area contributed by atoms with Gasteiger partial charge in [0.05, 0.1) is 0 Å². The van der Waals surface area contributed by atoms with Crippen LogP contribution in [0.15, 0.2) is 10.9 Å². The lowest BCUT2D eigenvalue weighted by molar-refractivity contribution is 0.203. The number of fused-ring (bicyclic) bond motifs is 1. The fraction of sp³-hybridized carbons (Fsp3) is 0.583. The maximum atomic E-state index is 11.5. The second-order valence-electron chi connectivity index (χ2n) is 5.00. The average Bonchev–Trinajstić information content (AvgIpc) is 2.81. The number of aromatic nitrogens is 4. The number of hydrogen-bond donors (Lipinski definition) is 2. The van der Waals surface area contributed by atoms with Crippen LogP contribution in [0.1, 0.15) is 18.7 Å². The van der Waals surface area contributed by atoms with Gasteiger partial charge in [-0.3, -0.25) is 0 Å². The van der Waals surface area contributed by atoms with Gasteiger partial charge in [0, 0.05) is 25.8 Å². The summed E-state index contributed by atoms with van der Waals surface area (Å²) in [6, 6.07) is 1.82. The molecule has 1 fully saturated rings. The molecule has 0 saturated carbocycles. The third-order valence-corrected chi connectivity index (χ3v) is 3.75. The first kappa shape index (κ1) is 12.2. The lowest BCUT2D eigenvalue weighted by atomic mass is 9.98. The zero-order chi connectivity index (χ0) is 13.4. The Morgan fingerprint density at radius 3 is 2.89 bits per heavy atom. The van der Waals surface area contributed by atoms with Gasteiger partial charge >= 0.3 is 5.69 Å². The molecule has 0 amide bonds. The lowest BCUT2D eigenvalue weighted by Gasteiger charge is -2.32. The monoisotopic (exact) mass is 263 g/mol. The number of hydrogen-bond acceptors (Lipinski definition) is 5. The zero-order valence-corrected chi connectivity index (χ0v) is 10.8. The molecule has 0 atom stereocenters. The maximum Gasteiger partial charge on any atom is 0.349 e. The molecule has 1 aliphatic rings. The summed E-state index contributed by atoms with van der Waals surface area (Å²) in [5, 5.41) is 15.6. The van der Waals surface area contributed by atoms with Crippen molar-refractivity contribution in [3.05, 3.63) is 22.4 Å². The molecule has 7 heteroatoms. The minimum absolute atomic E-state index is 0.258. The molecule has 2 aromatic heterocycles. The van der Waals surface area contributed by atoms with E-state index in [0.717, 1.165) is 31.7 Å². The SMILES string of the molecule is Cc1nc(N2CCC(CO)CC2)cc2n[nH]c(=O)n12. The molecule has 3 heterocycles. The third-order valence-electron chi connectivity index (χ3n) is 3.75. The zero-order valence-electron chi connectivity index (χ0n) is 10.8. The van der Waals surface area contributed by atoms with Crippen molar-refractivity contribution in [2.24, 2.45) is 5.92 Å². The number of nitrogens with one attached hydrogen (secondary N) is 1. The van der Waals surface area contributed by atoms with Gasteiger partial charge in [-0.05, 0) is 25.7 Å². The van der Waals surface area contributed by atoms with Crippen molar-refractivity contribution >= 4 is 11.5 Å². The van der Waals surface area contributed by atoms with E-state index in [0.29, 0.717) is 17.4 Å². The fourth-order valence-corrected chi connectivity index (χ4v) is 2.59. The number of H-pyrrole nitrogens is 1. The molecule has 0 radical (unpaired) electrons. The molecule has 3 rings (SSSR count). The van der Waals surface area contributed by atoms with E-state index >= 15 is 0 Å². The summed E-state index contributed by atoms with van der Waals surface area (Å²) in [6.45, 7) is 3.81. The summed E-state index contributed by atoms with van der Waals surface area (Å²) in [7, 11) is 0. The first-order valence-corrected chi connectivity index (χ1v) is 6.49. The topological polar surface area (TPSA) is 86.5 Å². The quantitative estimate of drug-likeness (QED) is 0.792. The Morgan fingerprint density at radius 2 is 2.21 bits per heavy atom. The van der Waals surface area contributed by atoms with Gasteiger partial charge < -0.3 is 10.0 Å².